The maximum absolute atomic E-state index is 4.26. The van der Waals surface area contributed by atoms with Crippen LogP contribution < -0.4 is 0 Å². The van der Waals surface area contributed by atoms with Gasteiger partial charge < -0.3 is 4.90 Å². The highest BCUT2D eigenvalue weighted by molar-refractivity contribution is 7.59. The van der Waals surface area contributed by atoms with Gasteiger partial charge in [0, 0.05) is 0 Å². The Bertz CT molecular complexity index is 28.5. The number of rotatable bonds is 0. The van der Waals surface area contributed by atoms with Crippen molar-refractivity contribution in [2.45, 2.75) is 0 Å². The summed E-state index contributed by atoms with van der Waals surface area (Å²) in [6, 6.07) is 0. The Morgan fingerprint density at radius 1 is 1.12 bits per heavy atom. The second-order valence-electron chi connectivity index (χ2n) is 1.40. The molecule has 0 aromatic heterocycles. The van der Waals surface area contributed by atoms with Crippen LogP contribution in [0, 0.1) is 0 Å². The van der Waals surface area contributed by atoms with Crippen molar-refractivity contribution in [3.63, 3.8) is 0 Å². The van der Waals surface area contributed by atoms with Crippen molar-refractivity contribution in [1.29, 1.82) is 0 Å². The fourth-order valence-electron chi connectivity index (χ4n) is 0. The topological polar surface area (TPSA) is 12.5 Å². The molecule has 0 heterocycles. The fraction of sp³-hybridized carbons (Fsp3) is 1.00. The molecule has 0 aliphatic rings. The zero-order chi connectivity index (χ0) is 6.28. The van der Waals surface area contributed by atoms with Crippen LogP contribution in [0.15, 0.2) is 0 Å². The lowest BCUT2D eigenvalue weighted by Crippen LogP contribution is -1.99. The SMILES string of the molecule is CN(C)C.ClOCl.S. The minimum atomic E-state index is 0. The minimum Gasteiger partial charge on any atom is -0.312 e. The fourth-order valence-corrected chi connectivity index (χ4v) is 0. The van der Waals surface area contributed by atoms with E-state index in [9.17, 15) is 0 Å². The van der Waals surface area contributed by atoms with Gasteiger partial charge in [0.15, 0.2) is 0 Å². The average Bonchev–Trinajstić information content (AvgIpc) is 1.33. The van der Waals surface area contributed by atoms with E-state index < -0.39 is 0 Å². The van der Waals surface area contributed by atoms with E-state index in [-0.39, 0.29) is 13.5 Å². The van der Waals surface area contributed by atoms with E-state index in [0.717, 1.165) is 0 Å². The van der Waals surface area contributed by atoms with Gasteiger partial charge in [-0.1, -0.05) is 0 Å². The first-order chi connectivity index (χ1) is 3.15. The summed E-state index contributed by atoms with van der Waals surface area (Å²) in [5, 5.41) is 0. The molecule has 2 nitrogen and oxygen atoms in total. The van der Waals surface area contributed by atoms with Gasteiger partial charge in [0.25, 0.3) is 0 Å². The van der Waals surface area contributed by atoms with E-state index in [0.29, 0.717) is 0 Å². The van der Waals surface area contributed by atoms with Crippen molar-refractivity contribution in [1.82, 2.24) is 4.90 Å². The van der Waals surface area contributed by atoms with Crippen molar-refractivity contribution in [2.75, 3.05) is 21.1 Å². The van der Waals surface area contributed by atoms with Crippen LogP contribution in [0.3, 0.4) is 0 Å². The van der Waals surface area contributed by atoms with Crippen LogP contribution in [-0.2, 0) is 3.84 Å². The van der Waals surface area contributed by atoms with Crippen molar-refractivity contribution in [3.8, 4) is 0 Å². The molecule has 8 heavy (non-hydrogen) atoms. The van der Waals surface area contributed by atoms with Gasteiger partial charge in [-0.2, -0.15) is 17.3 Å². The zero-order valence-electron chi connectivity index (χ0n) is 5.11. The molecule has 0 radical (unpaired) electrons. The van der Waals surface area contributed by atoms with Gasteiger partial charge in [0.05, 0.1) is 23.7 Å². The lowest BCUT2D eigenvalue weighted by atomic mass is 11.0. The molecule has 0 spiro atoms. The molecule has 54 valence electrons. The van der Waals surface area contributed by atoms with Gasteiger partial charge in [-0.05, 0) is 21.1 Å². The van der Waals surface area contributed by atoms with E-state index in [4.69, 9.17) is 0 Å². The average molecular weight is 180 g/mol. The Hall–Kier alpha value is 0.850. The van der Waals surface area contributed by atoms with Crippen molar-refractivity contribution >= 4 is 37.2 Å². The molecule has 0 N–H and O–H groups in total. The van der Waals surface area contributed by atoms with Crippen LogP contribution in [0.25, 0.3) is 0 Å². The van der Waals surface area contributed by atoms with Gasteiger partial charge in [0.2, 0.25) is 0 Å². The van der Waals surface area contributed by atoms with Crippen LogP contribution in [0.5, 0.6) is 0 Å². The maximum atomic E-state index is 4.26. The standard InChI is InChI=1S/C3H9N.Cl2O.H2S/c1-4(2)3;1-3-2;/h1-3H3;;1H2. The Morgan fingerprint density at radius 2 is 1.12 bits per heavy atom. The molecule has 0 unspecified atom stereocenters. The van der Waals surface area contributed by atoms with E-state index in [2.05, 4.69) is 27.6 Å². The Morgan fingerprint density at radius 3 is 1.12 bits per heavy atom. The van der Waals surface area contributed by atoms with Crippen molar-refractivity contribution < 1.29 is 3.84 Å². The first-order valence-electron chi connectivity index (χ1n) is 1.65. The highest BCUT2D eigenvalue weighted by Crippen LogP contribution is 1.78. The molecule has 0 bridgehead atoms. The van der Waals surface area contributed by atoms with Crippen molar-refractivity contribution in [3.05, 3.63) is 0 Å². The summed E-state index contributed by atoms with van der Waals surface area (Å²) in [7, 11) is 6.00. The van der Waals surface area contributed by atoms with Gasteiger partial charge in [0.1, 0.15) is 0 Å². The predicted octanol–water partition coefficient (Wildman–Crippen LogP) is 1.60. The summed E-state index contributed by atoms with van der Waals surface area (Å²) in [4.78, 5) is 2.00. The molecular weight excluding hydrogens is 169 g/mol. The van der Waals surface area contributed by atoms with E-state index in [1.807, 2.05) is 26.0 Å². The predicted molar refractivity (Wildman–Crippen MR) is 42.8 cm³/mol. The molecule has 0 fully saturated rings. The third kappa shape index (κ3) is 324. The summed E-state index contributed by atoms with van der Waals surface area (Å²) in [5.41, 5.74) is 0. The molecule has 0 aliphatic heterocycles. The Kier molecular flexibility index (Phi) is 31.2. The maximum Gasteiger partial charge on any atom is 0.0832 e. The number of hydrogen-bond acceptors (Lipinski definition) is 2. The van der Waals surface area contributed by atoms with Gasteiger partial charge in [-0.25, -0.2) is 0 Å². The second-order valence-corrected chi connectivity index (χ2v) is 1.87. The summed E-state index contributed by atoms with van der Waals surface area (Å²) < 4.78 is 3.19. The molecule has 0 saturated carbocycles. The van der Waals surface area contributed by atoms with Gasteiger partial charge in [-0.3, -0.25) is 0 Å². The summed E-state index contributed by atoms with van der Waals surface area (Å²) in [6.07, 6.45) is 0. The van der Waals surface area contributed by atoms with Gasteiger partial charge in [-0.15, -0.1) is 0 Å². The summed E-state index contributed by atoms with van der Waals surface area (Å²) in [5.74, 6) is 0. The normalized spacial score (nSPS) is 6.75. The number of halogens is 2. The Balaban J connectivity index is -0.0000000575. The van der Waals surface area contributed by atoms with E-state index >= 15 is 0 Å². The van der Waals surface area contributed by atoms with E-state index in [1.54, 1.807) is 0 Å². The minimum absolute atomic E-state index is 0. The number of nitrogens with zero attached hydrogens (tertiary/aromatic N) is 1. The molecule has 0 aliphatic carbocycles. The largest absolute Gasteiger partial charge is 0.312 e. The highest BCUT2D eigenvalue weighted by atomic mass is 35.6. The molecule has 0 atom stereocenters. The highest BCUT2D eigenvalue weighted by Gasteiger charge is 1.58. The molecule has 5 heteroatoms. The smallest absolute Gasteiger partial charge is 0.0832 e. The summed E-state index contributed by atoms with van der Waals surface area (Å²) in [6.45, 7) is 0. The lowest BCUT2D eigenvalue weighted by Gasteiger charge is -1.90. The van der Waals surface area contributed by atoms with Crippen LogP contribution in [0.2, 0.25) is 0 Å². The van der Waals surface area contributed by atoms with E-state index in [1.165, 1.54) is 0 Å². The Labute approximate surface area is 67.5 Å². The van der Waals surface area contributed by atoms with Crippen LogP contribution in [-0.4, -0.2) is 26.0 Å². The quantitative estimate of drug-likeness (QED) is 0.561. The van der Waals surface area contributed by atoms with Crippen LogP contribution in [0.4, 0.5) is 0 Å². The monoisotopic (exact) mass is 179 g/mol. The third-order valence-corrected chi connectivity index (χ3v) is 0. The lowest BCUT2D eigenvalue weighted by molar-refractivity contribution is 0.505. The van der Waals surface area contributed by atoms with Gasteiger partial charge >= 0.3 is 0 Å². The van der Waals surface area contributed by atoms with Crippen molar-refractivity contribution in [2.24, 2.45) is 0 Å². The molecule has 0 amide bonds. The second kappa shape index (κ2) is 15.7. The molecule has 0 aromatic rings. The zero-order valence-corrected chi connectivity index (χ0v) is 7.62. The molecule has 0 rings (SSSR count). The van der Waals surface area contributed by atoms with Crippen LogP contribution in [0.1, 0.15) is 0 Å². The summed E-state index contributed by atoms with van der Waals surface area (Å²) >= 11 is 8.53. The first-order valence-corrected chi connectivity index (χ1v) is 2.27. The molecule has 0 saturated heterocycles. The first kappa shape index (κ1) is 15.9. The van der Waals surface area contributed by atoms with Crippen LogP contribution >= 0.6 is 37.2 Å². The molecule has 0 aromatic carbocycles. The third-order valence-electron chi connectivity index (χ3n) is 0. The number of hydrogen-bond donors (Lipinski definition) is 0. The molecular formula is C3H11Cl2NOS.